The highest BCUT2D eigenvalue weighted by Crippen LogP contribution is 2.21. The van der Waals surface area contributed by atoms with E-state index >= 15 is 0 Å². The van der Waals surface area contributed by atoms with Gasteiger partial charge in [-0.25, -0.2) is 0 Å². The van der Waals surface area contributed by atoms with Gasteiger partial charge in [-0.15, -0.1) is 0 Å². The van der Waals surface area contributed by atoms with Gasteiger partial charge in [-0.1, -0.05) is 36.7 Å². The van der Waals surface area contributed by atoms with Crippen molar-refractivity contribution in [3.63, 3.8) is 0 Å². The lowest BCUT2D eigenvalue weighted by atomic mass is 10.3. The zero-order valence-electron chi connectivity index (χ0n) is 9.69. The van der Waals surface area contributed by atoms with Crippen LogP contribution in [0.3, 0.4) is 0 Å². The topological polar surface area (TPSA) is 29.9 Å². The second-order valence-corrected chi connectivity index (χ2v) is 4.41. The number of aryl methyl sites for hydroxylation is 2. The van der Waals surface area contributed by atoms with Crippen LogP contribution in [-0.2, 0) is 19.5 Å². The molecule has 90 valence electrons. The maximum Gasteiger partial charge on any atom is 0.0863 e. The van der Waals surface area contributed by atoms with Crippen LogP contribution in [0.15, 0.2) is 11.6 Å². The quantitative estimate of drug-likeness (QED) is 0.854. The lowest BCUT2D eigenvalue weighted by molar-refractivity contribution is 0.589. The third-order valence-electron chi connectivity index (χ3n) is 2.30. The average molecular weight is 262 g/mol. The van der Waals surface area contributed by atoms with Crippen molar-refractivity contribution in [2.45, 2.75) is 33.4 Å². The summed E-state index contributed by atoms with van der Waals surface area (Å²) in [6, 6.07) is 0. The Bertz CT molecular complexity index is 372. The van der Waals surface area contributed by atoms with Crippen molar-refractivity contribution < 1.29 is 0 Å². The summed E-state index contributed by atoms with van der Waals surface area (Å²) in [5.41, 5.74) is 1.96. The Morgan fingerprint density at radius 2 is 2.19 bits per heavy atom. The maximum atomic E-state index is 6.24. The Labute approximate surface area is 106 Å². The molecular formula is C11H17Cl2N3. The molecule has 0 spiro atoms. The van der Waals surface area contributed by atoms with E-state index in [0.717, 1.165) is 29.4 Å². The van der Waals surface area contributed by atoms with Gasteiger partial charge in [0.15, 0.2) is 0 Å². The first-order valence-electron chi connectivity index (χ1n) is 5.38. The Morgan fingerprint density at radius 3 is 2.69 bits per heavy atom. The highest BCUT2D eigenvalue weighted by molar-refractivity contribution is 6.32. The summed E-state index contributed by atoms with van der Waals surface area (Å²) in [6.45, 7) is 9.77. The van der Waals surface area contributed by atoms with Gasteiger partial charge < -0.3 is 5.32 Å². The van der Waals surface area contributed by atoms with E-state index in [2.05, 4.69) is 17.0 Å². The molecule has 0 radical (unpaired) electrons. The molecule has 0 aliphatic carbocycles. The SMILES string of the molecule is C=C(Cl)CNCc1c(Cl)c(CC)nn1CC. The van der Waals surface area contributed by atoms with Crippen LogP contribution in [-0.4, -0.2) is 16.3 Å². The summed E-state index contributed by atoms with van der Waals surface area (Å²) >= 11 is 11.9. The number of hydrogen-bond acceptors (Lipinski definition) is 2. The summed E-state index contributed by atoms with van der Waals surface area (Å²) in [4.78, 5) is 0. The first kappa shape index (κ1) is 13.6. The van der Waals surface area contributed by atoms with Crippen LogP contribution in [0.1, 0.15) is 25.2 Å². The highest BCUT2D eigenvalue weighted by Gasteiger charge is 2.13. The maximum absolute atomic E-state index is 6.24. The zero-order valence-corrected chi connectivity index (χ0v) is 11.2. The fourth-order valence-electron chi connectivity index (χ4n) is 1.50. The summed E-state index contributed by atoms with van der Waals surface area (Å²) in [5.74, 6) is 0. The van der Waals surface area contributed by atoms with Crippen LogP contribution in [0.25, 0.3) is 0 Å². The smallest absolute Gasteiger partial charge is 0.0863 e. The summed E-state index contributed by atoms with van der Waals surface area (Å²) in [5, 5.41) is 8.96. The van der Waals surface area contributed by atoms with Gasteiger partial charge >= 0.3 is 0 Å². The van der Waals surface area contributed by atoms with Crippen molar-refractivity contribution in [1.29, 1.82) is 0 Å². The molecule has 0 saturated carbocycles. The van der Waals surface area contributed by atoms with Crippen molar-refractivity contribution in [3.05, 3.63) is 28.0 Å². The molecule has 16 heavy (non-hydrogen) atoms. The molecule has 5 heteroatoms. The second-order valence-electron chi connectivity index (χ2n) is 3.50. The molecule has 0 unspecified atom stereocenters. The molecule has 0 bridgehead atoms. The van der Waals surface area contributed by atoms with Gasteiger partial charge in [0.1, 0.15) is 0 Å². The number of nitrogens with one attached hydrogen (secondary N) is 1. The van der Waals surface area contributed by atoms with Gasteiger partial charge in [0, 0.05) is 24.7 Å². The summed E-state index contributed by atoms with van der Waals surface area (Å²) < 4.78 is 1.92. The van der Waals surface area contributed by atoms with Crippen molar-refractivity contribution in [2.75, 3.05) is 6.54 Å². The van der Waals surface area contributed by atoms with Gasteiger partial charge in [0.2, 0.25) is 0 Å². The fraction of sp³-hybridized carbons (Fsp3) is 0.545. The third-order valence-corrected chi connectivity index (χ3v) is 2.87. The van der Waals surface area contributed by atoms with Crippen molar-refractivity contribution in [3.8, 4) is 0 Å². The second kappa shape index (κ2) is 6.28. The molecule has 0 atom stereocenters. The number of halogens is 2. The number of rotatable bonds is 6. The molecule has 1 aromatic rings. The van der Waals surface area contributed by atoms with Crippen LogP contribution < -0.4 is 5.32 Å². The van der Waals surface area contributed by atoms with Gasteiger partial charge in [-0.3, -0.25) is 4.68 Å². The van der Waals surface area contributed by atoms with Crippen molar-refractivity contribution in [1.82, 2.24) is 15.1 Å². The van der Waals surface area contributed by atoms with E-state index in [0.29, 0.717) is 18.1 Å². The van der Waals surface area contributed by atoms with E-state index in [-0.39, 0.29) is 0 Å². The van der Waals surface area contributed by atoms with Gasteiger partial charge in [0.05, 0.1) is 16.4 Å². The minimum absolute atomic E-state index is 0.578. The molecule has 0 aromatic carbocycles. The van der Waals surface area contributed by atoms with E-state index in [1.54, 1.807) is 0 Å². The van der Waals surface area contributed by atoms with Crippen molar-refractivity contribution in [2.24, 2.45) is 0 Å². The first-order valence-corrected chi connectivity index (χ1v) is 6.13. The van der Waals surface area contributed by atoms with E-state index < -0.39 is 0 Å². The predicted molar refractivity (Wildman–Crippen MR) is 69.0 cm³/mol. The minimum atomic E-state index is 0.578. The molecule has 0 aliphatic heterocycles. The van der Waals surface area contributed by atoms with Gasteiger partial charge in [-0.2, -0.15) is 5.10 Å². The van der Waals surface area contributed by atoms with Crippen LogP contribution in [0.4, 0.5) is 0 Å². The zero-order chi connectivity index (χ0) is 12.1. The van der Waals surface area contributed by atoms with E-state index in [4.69, 9.17) is 23.2 Å². The lowest BCUT2D eigenvalue weighted by Crippen LogP contribution is -2.17. The van der Waals surface area contributed by atoms with Crippen LogP contribution in [0.5, 0.6) is 0 Å². The Kier molecular flexibility index (Phi) is 5.32. The molecule has 3 nitrogen and oxygen atoms in total. The Hall–Kier alpha value is -0.510. The largest absolute Gasteiger partial charge is 0.306 e. The molecule has 0 amide bonds. The molecule has 1 aromatic heterocycles. The van der Waals surface area contributed by atoms with Crippen LogP contribution >= 0.6 is 23.2 Å². The molecule has 0 fully saturated rings. The predicted octanol–water partition coefficient (Wildman–Crippen LogP) is 2.96. The fourth-order valence-corrected chi connectivity index (χ4v) is 1.93. The Morgan fingerprint density at radius 1 is 1.50 bits per heavy atom. The summed E-state index contributed by atoms with van der Waals surface area (Å²) in [7, 11) is 0. The Balaban J connectivity index is 2.76. The van der Waals surface area contributed by atoms with E-state index in [1.807, 2.05) is 18.5 Å². The monoisotopic (exact) mass is 261 g/mol. The van der Waals surface area contributed by atoms with Gasteiger partial charge in [0.25, 0.3) is 0 Å². The molecular weight excluding hydrogens is 245 g/mol. The minimum Gasteiger partial charge on any atom is -0.306 e. The lowest BCUT2D eigenvalue weighted by Gasteiger charge is -2.06. The van der Waals surface area contributed by atoms with E-state index in [9.17, 15) is 0 Å². The number of aromatic nitrogens is 2. The van der Waals surface area contributed by atoms with Gasteiger partial charge in [-0.05, 0) is 13.3 Å². The van der Waals surface area contributed by atoms with Crippen LogP contribution in [0.2, 0.25) is 5.02 Å². The molecule has 0 saturated heterocycles. The first-order chi connectivity index (χ1) is 7.60. The molecule has 0 aliphatic rings. The van der Waals surface area contributed by atoms with Crippen molar-refractivity contribution >= 4 is 23.2 Å². The number of nitrogens with zero attached hydrogens (tertiary/aromatic N) is 2. The van der Waals surface area contributed by atoms with E-state index in [1.165, 1.54) is 0 Å². The molecule has 1 rings (SSSR count). The molecule has 1 N–H and O–H groups in total. The number of hydrogen-bond donors (Lipinski definition) is 1. The average Bonchev–Trinajstić information content (AvgIpc) is 2.55. The third kappa shape index (κ3) is 3.24. The normalized spacial score (nSPS) is 10.8. The van der Waals surface area contributed by atoms with Crippen LogP contribution in [0, 0.1) is 0 Å². The molecule has 1 heterocycles. The standard InChI is InChI=1S/C11H17Cl2N3/c1-4-9-11(13)10(16(5-2)15-9)7-14-6-8(3)12/h14H,3-7H2,1-2H3. The highest BCUT2D eigenvalue weighted by atomic mass is 35.5. The summed E-state index contributed by atoms with van der Waals surface area (Å²) in [6.07, 6.45) is 0.848.